The molecule has 0 rings (SSSR count). The Bertz CT molecular complexity index is 245. The lowest BCUT2D eigenvalue weighted by molar-refractivity contribution is -0.138. The van der Waals surface area contributed by atoms with Crippen LogP contribution >= 0.6 is 0 Å². The molecule has 0 spiro atoms. The molecular formula is C13H22O2. The van der Waals surface area contributed by atoms with Gasteiger partial charge in [0.2, 0.25) is 0 Å². The highest BCUT2D eigenvalue weighted by Crippen LogP contribution is 2.05. The van der Waals surface area contributed by atoms with Crippen LogP contribution in [0.5, 0.6) is 0 Å². The van der Waals surface area contributed by atoms with Crippen LogP contribution in [-0.2, 0) is 9.53 Å². The average Bonchev–Trinajstić information content (AvgIpc) is 2.16. The van der Waals surface area contributed by atoms with Crippen LogP contribution in [0.2, 0.25) is 0 Å². The topological polar surface area (TPSA) is 26.3 Å². The number of carbonyl (C=O) groups is 1. The van der Waals surface area contributed by atoms with Gasteiger partial charge in [-0.15, -0.1) is 0 Å². The highest BCUT2D eigenvalue weighted by molar-refractivity contribution is 5.87. The number of carbonyl (C=O) groups excluding carboxylic acids is 1. The maximum Gasteiger partial charge on any atom is 0.333 e. The maximum absolute atomic E-state index is 11.2. The van der Waals surface area contributed by atoms with E-state index in [1.54, 1.807) is 6.92 Å². The second kappa shape index (κ2) is 8.27. The Morgan fingerprint density at radius 1 is 1.13 bits per heavy atom. The second-order valence-corrected chi connectivity index (χ2v) is 3.82. The normalized spacial score (nSPS) is 11.1. The average molecular weight is 210 g/mol. The summed E-state index contributed by atoms with van der Waals surface area (Å²) in [5.74, 6) is -0.195. The van der Waals surface area contributed by atoms with Crippen molar-refractivity contribution in [1.82, 2.24) is 0 Å². The first-order valence-electron chi connectivity index (χ1n) is 5.55. The molecule has 0 aliphatic heterocycles. The molecule has 0 radical (unpaired) electrons. The van der Waals surface area contributed by atoms with Crippen LogP contribution in [0.25, 0.3) is 0 Å². The molecule has 0 aromatic rings. The first-order chi connectivity index (χ1) is 7.07. The maximum atomic E-state index is 11.2. The minimum absolute atomic E-state index is 0.195. The van der Waals surface area contributed by atoms with Gasteiger partial charge in [-0.2, -0.15) is 0 Å². The van der Waals surface area contributed by atoms with Crippen LogP contribution in [0.15, 0.2) is 23.3 Å². The van der Waals surface area contributed by atoms with E-state index in [2.05, 4.69) is 19.9 Å². The van der Waals surface area contributed by atoms with Gasteiger partial charge in [-0.25, -0.2) is 4.79 Å². The van der Waals surface area contributed by atoms with Gasteiger partial charge in [0.25, 0.3) is 0 Å². The van der Waals surface area contributed by atoms with Gasteiger partial charge in [-0.3, -0.25) is 0 Å². The molecule has 0 saturated heterocycles. The van der Waals surface area contributed by atoms with Crippen molar-refractivity contribution in [3.05, 3.63) is 23.3 Å². The summed E-state index contributed by atoms with van der Waals surface area (Å²) < 4.78 is 4.88. The lowest BCUT2D eigenvalue weighted by Crippen LogP contribution is -2.04. The van der Waals surface area contributed by atoms with Crippen molar-refractivity contribution in [2.75, 3.05) is 6.61 Å². The van der Waals surface area contributed by atoms with Gasteiger partial charge in [-0.05, 0) is 47.0 Å². The third-order valence-electron chi connectivity index (χ3n) is 2.01. The Morgan fingerprint density at radius 3 is 2.27 bits per heavy atom. The van der Waals surface area contributed by atoms with Crippen LogP contribution < -0.4 is 0 Å². The molecule has 86 valence electrons. The van der Waals surface area contributed by atoms with Gasteiger partial charge in [0, 0.05) is 5.57 Å². The van der Waals surface area contributed by atoms with E-state index in [-0.39, 0.29) is 5.97 Å². The van der Waals surface area contributed by atoms with Crippen molar-refractivity contribution in [3.63, 3.8) is 0 Å². The number of rotatable bonds is 6. The van der Waals surface area contributed by atoms with Gasteiger partial charge in [0.1, 0.15) is 0 Å². The van der Waals surface area contributed by atoms with E-state index >= 15 is 0 Å². The Morgan fingerprint density at radius 2 is 1.73 bits per heavy atom. The highest BCUT2D eigenvalue weighted by atomic mass is 16.5. The third kappa shape index (κ3) is 7.98. The lowest BCUT2D eigenvalue weighted by atomic mass is 10.1. The lowest BCUT2D eigenvalue weighted by Gasteiger charge is -2.00. The predicted molar refractivity (Wildman–Crippen MR) is 63.7 cm³/mol. The molecule has 0 atom stereocenters. The van der Waals surface area contributed by atoms with Crippen LogP contribution in [0.3, 0.4) is 0 Å². The minimum atomic E-state index is -0.195. The van der Waals surface area contributed by atoms with Crippen molar-refractivity contribution in [2.45, 2.75) is 47.0 Å². The fraction of sp³-hybridized carbons (Fsp3) is 0.615. The highest BCUT2D eigenvalue weighted by Gasteiger charge is 2.02. The number of unbranched alkanes of at least 4 members (excludes halogenated alkanes) is 2. The summed E-state index contributed by atoms with van der Waals surface area (Å²) in [5, 5.41) is 0. The molecule has 0 aliphatic rings. The Kier molecular flexibility index (Phi) is 7.69. The van der Waals surface area contributed by atoms with Crippen LogP contribution in [0.1, 0.15) is 47.0 Å². The summed E-state index contributed by atoms with van der Waals surface area (Å²) in [5.41, 5.74) is 2.06. The van der Waals surface area contributed by atoms with Gasteiger partial charge in [-0.1, -0.05) is 17.7 Å². The first kappa shape index (κ1) is 13.9. The zero-order chi connectivity index (χ0) is 11.7. The quantitative estimate of drug-likeness (QED) is 0.289. The van der Waals surface area contributed by atoms with Crippen molar-refractivity contribution >= 4 is 5.97 Å². The van der Waals surface area contributed by atoms with Crippen LogP contribution in [0.4, 0.5) is 0 Å². The fourth-order valence-electron chi connectivity index (χ4n) is 1.16. The summed E-state index contributed by atoms with van der Waals surface area (Å²) in [4.78, 5) is 11.2. The standard InChI is InChI=1S/C13H22O2/c1-5-15-13(14)12(4)10-8-6-7-9-11(2)3/h9-10H,5-8H2,1-4H3/b12-10+. The van der Waals surface area contributed by atoms with Crippen LogP contribution in [0, 0.1) is 0 Å². The molecule has 0 N–H and O–H groups in total. The zero-order valence-corrected chi connectivity index (χ0v) is 10.3. The number of hydrogen-bond acceptors (Lipinski definition) is 2. The minimum Gasteiger partial charge on any atom is -0.463 e. The molecule has 0 bridgehead atoms. The van der Waals surface area contributed by atoms with E-state index in [9.17, 15) is 4.79 Å². The van der Waals surface area contributed by atoms with Gasteiger partial charge in [0.15, 0.2) is 0 Å². The van der Waals surface area contributed by atoms with Crippen LogP contribution in [-0.4, -0.2) is 12.6 Å². The fourth-order valence-corrected chi connectivity index (χ4v) is 1.16. The van der Waals surface area contributed by atoms with E-state index in [4.69, 9.17) is 4.74 Å². The van der Waals surface area contributed by atoms with E-state index in [1.807, 2.05) is 13.0 Å². The molecule has 0 aromatic heterocycles. The zero-order valence-electron chi connectivity index (χ0n) is 10.3. The van der Waals surface area contributed by atoms with Crippen molar-refractivity contribution in [1.29, 1.82) is 0 Å². The SMILES string of the molecule is CCOC(=O)/C(C)=C/CCCC=C(C)C. The van der Waals surface area contributed by atoms with Crippen molar-refractivity contribution in [3.8, 4) is 0 Å². The molecule has 2 heteroatoms. The van der Waals surface area contributed by atoms with E-state index in [0.717, 1.165) is 19.3 Å². The Hall–Kier alpha value is -1.05. The van der Waals surface area contributed by atoms with Crippen molar-refractivity contribution < 1.29 is 9.53 Å². The molecule has 2 nitrogen and oxygen atoms in total. The van der Waals surface area contributed by atoms with E-state index in [0.29, 0.717) is 12.2 Å². The molecule has 0 aliphatic carbocycles. The predicted octanol–water partition coefficient (Wildman–Crippen LogP) is 3.63. The summed E-state index contributed by atoms with van der Waals surface area (Å²) in [7, 11) is 0. The molecule has 0 saturated carbocycles. The summed E-state index contributed by atoms with van der Waals surface area (Å²) >= 11 is 0. The Labute approximate surface area is 93.0 Å². The summed E-state index contributed by atoms with van der Waals surface area (Å²) in [6, 6.07) is 0. The van der Waals surface area contributed by atoms with E-state index in [1.165, 1.54) is 5.57 Å². The number of ether oxygens (including phenoxy) is 1. The van der Waals surface area contributed by atoms with Crippen molar-refractivity contribution in [2.24, 2.45) is 0 Å². The van der Waals surface area contributed by atoms with E-state index < -0.39 is 0 Å². The summed E-state index contributed by atoms with van der Waals surface area (Å²) in [6.45, 7) is 8.26. The summed E-state index contributed by atoms with van der Waals surface area (Å²) in [6.07, 6.45) is 7.27. The molecule has 0 amide bonds. The second-order valence-electron chi connectivity index (χ2n) is 3.82. The van der Waals surface area contributed by atoms with Gasteiger partial charge in [0.05, 0.1) is 6.61 Å². The first-order valence-corrected chi connectivity index (χ1v) is 5.55. The largest absolute Gasteiger partial charge is 0.463 e. The molecule has 15 heavy (non-hydrogen) atoms. The number of hydrogen-bond donors (Lipinski definition) is 0. The smallest absolute Gasteiger partial charge is 0.333 e. The Balaban J connectivity index is 3.76. The molecule has 0 aromatic carbocycles. The number of esters is 1. The third-order valence-corrected chi connectivity index (χ3v) is 2.01. The monoisotopic (exact) mass is 210 g/mol. The molecule has 0 unspecified atom stereocenters. The van der Waals surface area contributed by atoms with Gasteiger partial charge < -0.3 is 4.74 Å². The molecule has 0 fully saturated rings. The van der Waals surface area contributed by atoms with Gasteiger partial charge >= 0.3 is 5.97 Å². The number of allylic oxidation sites excluding steroid dienone is 3. The molecular weight excluding hydrogens is 188 g/mol. The molecule has 0 heterocycles.